The van der Waals surface area contributed by atoms with E-state index in [2.05, 4.69) is 5.32 Å². The number of nitrogens with one attached hydrogen (secondary N) is 1. The Balaban J connectivity index is 2.55. The van der Waals surface area contributed by atoms with Crippen LogP contribution in [0.1, 0.15) is 20.3 Å². The van der Waals surface area contributed by atoms with Gasteiger partial charge < -0.3 is 15.8 Å². The van der Waals surface area contributed by atoms with E-state index in [1.54, 1.807) is 19.2 Å². The molecule has 1 atom stereocenters. The smallest absolute Gasteiger partial charge is 0.230 e. The summed E-state index contributed by atoms with van der Waals surface area (Å²) in [5.74, 6) is 1.12. The molecule has 4 nitrogen and oxygen atoms in total. The molecular formula is C13H20N2O2S. The van der Waals surface area contributed by atoms with Crippen LogP contribution in [0, 0.1) is 0 Å². The number of nitrogens with two attached hydrogens (primary N) is 1. The molecule has 3 N–H and O–H groups in total. The zero-order valence-corrected chi connectivity index (χ0v) is 11.8. The van der Waals surface area contributed by atoms with Gasteiger partial charge in [-0.05, 0) is 25.5 Å². The minimum absolute atomic E-state index is 0.0354. The van der Waals surface area contributed by atoms with E-state index in [1.165, 1.54) is 11.8 Å². The minimum atomic E-state index is 0.0354. The Bertz CT molecular complexity index is 410. The molecule has 5 heteroatoms. The topological polar surface area (TPSA) is 64.4 Å². The molecular weight excluding hydrogens is 248 g/mol. The van der Waals surface area contributed by atoms with E-state index >= 15 is 0 Å². The van der Waals surface area contributed by atoms with Crippen LogP contribution in [0.3, 0.4) is 0 Å². The second-order valence-electron chi connectivity index (χ2n) is 4.08. The van der Waals surface area contributed by atoms with Crippen molar-refractivity contribution in [1.29, 1.82) is 0 Å². The van der Waals surface area contributed by atoms with Crippen molar-refractivity contribution in [3.8, 4) is 5.75 Å². The molecule has 0 aliphatic heterocycles. The molecule has 0 saturated carbocycles. The summed E-state index contributed by atoms with van der Waals surface area (Å²) in [7, 11) is 1.60. The summed E-state index contributed by atoms with van der Waals surface area (Å²) in [5.41, 5.74) is 6.33. The van der Waals surface area contributed by atoms with Gasteiger partial charge in [0.15, 0.2) is 0 Å². The highest BCUT2D eigenvalue weighted by molar-refractivity contribution is 8.00. The predicted octanol–water partition coefficient (Wildman–Crippen LogP) is 2.28. The number of nitrogen functional groups attached to an aromatic ring is 1. The summed E-state index contributed by atoms with van der Waals surface area (Å²) >= 11 is 1.45. The lowest BCUT2D eigenvalue weighted by molar-refractivity contribution is -0.119. The number of methoxy groups -OCH3 is 1. The van der Waals surface area contributed by atoms with Gasteiger partial charge in [0.1, 0.15) is 5.75 Å². The number of hydrogen-bond acceptors (Lipinski definition) is 4. The first-order valence-electron chi connectivity index (χ1n) is 5.92. The summed E-state index contributed by atoms with van der Waals surface area (Å²) in [6, 6.07) is 5.65. The highest BCUT2D eigenvalue weighted by atomic mass is 32.2. The van der Waals surface area contributed by atoms with Crippen LogP contribution >= 0.6 is 11.8 Å². The number of hydrogen-bond donors (Lipinski definition) is 2. The Labute approximate surface area is 112 Å². The van der Waals surface area contributed by atoms with Crippen molar-refractivity contribution in [3.63, 3.8) is 0 Å². The molecule has 0 radical (unpaired) electrons. The SMILES string of the molecule is CCC(C)NC(=O)CSc1ccc(N)cc1OC. The Morgan fingerprint density at radius 3 is 2.89 bits per heavy atom. The normalized spacial score (nSPS) is 11.9. The Morgan fingerprint density at radius 2 is 2.28 bits per heavy atom. The van der Waals surface area contributed by atoms with Gasteiger partial charge in [0.25, 0.3) is 0 Å². The fourth-order valence-electron chi connectivity index (χ4n) is 1.37. The number of rotatable bonds is 6. The zero-order chi connectivity index (χ0) is 13.5. The van der Waals surface area contributed by atoms with Crippen molar-refractivity contribution in [2.45, 2.75) is 31.2 Å². The van der Waals surface area contributed by atoms with Gasteiger partial charge in [0.2, 0.25) is 5.91 Å². The first kappa shape index (κ1) is 14.7. The van der Waals surface area contributed by atoms with E-state index in [0.29, 0.717) is 17.2 Å². The summed E-state index contributed by atoms with van der Waals surface area (Å²) in [6.07, 6.45) is 0.932. The average molecular weight is 268 g/mol. The fraction of sp³-hybridized carbons (Fsp3) is 0.462. The van der Waals surface area contributed by atoms with Crippen LogP contribution in [-0.4, -0.2) is 24.8 Å². The standard InChI is InChI=1S/C13H20N2O2S/c1-4-9(2)15-13(16)8-18-12-6-5-10(14)7-11(12)17-3/h5-7,9H,4,8,14H2,1-3H3,(H,15,16). The molecule has 1 rings (SSSR count). The lowest BCUT2D eigenvalue weighted by atomic mass is 10.3. The van der Waals surface area contributed by atoms with Crippen LogP contribution in [0.15, 0.2) is 23.1 Å². The maximum atomic E-state index is 11.7. The molecule has 0 fully saturated rings. The molecule has 0 aliphatic carbocycles. The minimum Gasteiger partial charge on any atom is -0.496 e. The maximum absolute atomic E-state index is 11.7. The largest absolute Gasteiger partial charge is 0.496 e. The lowest BCUT2D eigenvalue weighted by Crippen LogP contribution is -2.33. The Kier molecular flexibility index (Phi) is 5.85. The molecule has 1 unspecified atom stereocenters. The third-order valence-electron chi connectivity index (χ3n) is 2.57. The lowest BCUT2D eigenvalue weighted by Gasteiger charge is -2.12. The van der Waals surface area contributed by atoms with Crippen LogP contribution in [-0.2, 0) is 4.79 Å². The molecule has 0 aromatic heterocycles. The summed E-state index contributed by atoms with van der Waals surface area (Å²) in [6.45, 7) is 4.04. The van der Waals surface area contributed by atoms with E-state index in [0.717, 1.165) is 11.3 Å². The van der Waals surface area contributed by atoms with E-state index in [1.807, 2.05) is 19.9 Å². The number of carbonyl (C=O) groups excluding carboxylic acids is 1. The van der Waals surface area contributed by atoms with E-state index in [4.69, 9.17) is 10.5 Å². The third kappa shape index (κ3) is 4.49. The number of thioether (sulfide) groups is 1. The summed E-state index contributed by atoms with van der Waals surface area (Å²) in [5, 5.41) is 2.92. The fourth-order valence-corrected chi connectivity index (χ4v) is 2.18. The highest BCUT2D eigenvalue weighted by Crippen LogP contribution is 2.30. The predicted molar refractivity (Wildman–Crippen MR) is 76.0 cm³/mol. The average Bonchev–Trinajstić information content (AvgIpc) is 2.36. The van der Waals surface area contributed by atoms with Gasteiger partial charge in [0, 0.05) is 22.7 Å². The van der Waals surface area contributed by atoms with Crippen LogP contribution in [0.25, 0.3) is 0 Å². The van der Waals surface area contributed by atoms with Crippen LogP contribution in [0.5, 0.6) is 5.75 Å². The van der Waals surface area contributed by atoms with Gasteiger partial charge in [-0.25, -0.2) is 0 Å². The number of benzene rings is 1. The molecule has 1 amide bonds. The van der Waals surface area contributed by atoms with Crippen molar-refractivity contribution >= 4 is 23.4 Å². The Hall–Kier alpha value is -1.36. The highest BCUT2D eigenvalue weighted by Gasteiger charge is 2.09. The third-order valence-corrected chi connectivity index (χ3v) is 3.62. The first-order chi connectivity index (χ1) is 8.56. The number of amides is 1. The zero-order valence-electron chi connectivity index (χ0n) is 11.0. The molecule has 100 valence electrons. The van der Waals surface area contributed by atoms with Crippen molar-refractivity contribution in [2.24, 2.45) is 0 Å². The van der Waals surface area contributed by atoms with Gasteiger partial charge in [-0.3, -0.25) is 4.79 Å². The Morgan fingerprint density at radius 1 is 1.56 bits per heavy atom. The second kappa shape index (κ2) is 7.16. The van der Waals surface area contributed by atoms with Crippen molar-refractivity contribution in [2.75, 3.05) is 18.6 Å². The second-order valence-corrected chi connectivity index (χ2v) is 5.09. The van der Waals surface area contributed by atoms with Crippen molar-refractivity contribution in [1.82, 2.24) is 5.32 Å². The maximum Gasteiger partial charge on any atom is 0.230 e. The van der Waals surface area contributed by atoms with Crippen LogP contribution < -0.4 is 15.8 Å². The van der Waals surface area contributed by atoms with Gasteiger partial charge in [-0.15, -0.1) is 11.8 Å². The molecule has 0 saturated heterocycles. The molecule has 1 aromatic carbocycles. The summed E-state index contributed by atoms with van der Waals surface area (Å²) < 4.78 is 5.23. The van der Waals surface area contributed by atoms with Crippen molar-refractivity contribution in [3.05, 3.63) is 18.2 Å². The van der Waals surface area contributed by atoms with Gasteiger partial charge >= 0.3 is 0 Å². The van der Waals surface area contributed by atoms with Gasteiger partial charge in [-0.1, -0.05) is 6.92 Å². The van der Waals surface area contributed by atoms with Crippen LogP contribution in [0.4, 0.5) is 5.69 Å². The van der Waals surface area contributed by atoms with E-state index < -0.39 is 0 Å². The van der Waals surface area contributed by atoms with Gasteiger partial charge in [-0.2, -0.15) is 0 Å². The number of ether oxygens (including phenoxy) is 1. The molecule has 0 bridgehead atoms. The monoisotopic (exact) mass is 268 g/mol. The van der Waals surface area contributed by atoms with Crippen molar-refractivity contribution < 1.29 is 9.53 Å². The molecule has 0 spiro atoms. The quantitative estimate of drug-likeness (QED) is 0.613. The molecule has 0 aliphatic rings. The number of carbonyl (C=O) groups is 1. The summed E-state index contributed by atoms with van der Waals surface area (Å²) in [4.78, 5) is 12.6. The number of anilines is 1. The van der Waals surface area contributed by atoms with E-state index in [-0.39, 0.29) is 11.9 Å². The molecule has 18 heavy (non-hydrogen) atoms. The van der Waals surface area contributed by atoms with Gasteiger partial charge in [0.05, 0.1) is 12.9 Å². The molecule has 1 aromatic rings. The molecule has 0 heterocycles. The first-order valence-corrected chi connectivity index (χ1v) is 6.91. The van der Waals surface area contributed by atoms with E-state index in [9.17, 15) is 4.79 Å². The van der Waals surface area contributed by atoms with Crippen LogP contribution in [0.2, 0.25) is 0 Å².